The summed E-state index contributed by atoms with van der Waals surface area (Å²) in [5.41, 5.74) is 1.64. The van der Waals surface area contributed by atoms with Crippen molar-refractivity contribution in [2.75, 3.05) is 13.7 Å². The van der Waals surface area contributed by atoms with E-state index in [2.05, 4.69) is 4.98 Å². The van der Waals surface area contributed by atoms with Crippen LogP contribution in [0.5, 0.6) is 11.5 Å². The number of fused-ring (bicyclic) bond motifs is 1. The maximum absolute atomic E-state index is 12.5. The number of carbonyl (C=O) groups is 1. The Hall–Kier alpha value is -2.36. The summed E-state index contributed by atoms with van der Waals surface area (Å²) in [6, 6.07) is 9.18. The third kappa shape index (κ3) is 2.37. The highest BCUT2D eigenvalue weighted by molar-refractivity contribution is 6.01. The van der Waals surface area contributed by atoms with E-state index in [9.17, 15) is 4.79 Å². The van der Waals surface area contributed by atoms with Crippen LogP contribution in [-0.2, 0) is 6.42 Å². The molecule has 0 radical (unpaired) electrons. The number of hydrogen-bond donors (Lipinski definition) is 0. The lowest BCUT2D eigenvalue weighted by Crippen LogP contribution is -2.29. The van der Waals surface area contributed by atoms with Gasteiger partial charge in [0.25, 0.3) is 0 Å². The highest BCUT2D eigenvalue weighted by atomic mass is 16.5. The van der Waals surface area contributed by atoms with Gasteiger partial charge in [-0.3, -0.25) is 9.78 Å². The zero-order valence-corrected chi connectivity index (χ0v) is 11.2. The Morgan fingerprint density at radius 3 is 3.05 bits per heavy atom. The first kappa shape index (κ1) is 12.7. The molecule has 0 spiro atoms. The van der Waals surface area contributed by atoms with Gasteiger partial charge in [0.2, 0.25) is 0 Å². The Bertz CT molecular complexity index is 625. The summed E-state index contributed by atoms with van der Waals surface area (Å²) < 4.78 is 10.8. The van der Waals surface area contributed by atoms with Crippen LogP contribution in [0.3, 0.4) is 0 Å². The number of ether oxygens (including phenoxy) is 2. The standard InChI is InChI=1S/C16H15NO3/c1-19-13-4-5-15-14(8-13)16(18)12(10-20-15)7-11-3-2-6-17-9-11/h2-6,8-9,12H,7,10H2,1H3/t12-/m0/s1. The Labute approximate surface area is 117 Å². The van der Waals surface area contributed by atoms with Crippen molar-refractivity contribution in [3.05, 3.63) is 53.9 Å². The van der Waals surface area contributed by atoms with Crippen molar-refractivity contribution in [2.24, 2.45) is 5.92 Å². The topological polar surface area (TPSA) is 48.4 Å². The summed E-state index contributed by atoms with van der Waals surface area (Å²) >= 11 is 0. The van der Waals surface area contributed by atoms with Gasteiger partial charge in [-0.25, -0.2) is 0 Å². The summed E-state index contributed by atoms with van der Waals surface area (Å²) in [4.78, 5) is 16.6. The second-order valence-electron chi connectivity index (χ2n) is 4.80. The Morgan fingerprint density at radius 1 is 1.40 bits per heavy atom. The molecule has 0 amide bonds. The number of aromatic nitrogens is 1. The highest BCUT2D eigenvalue weighted by Crippen LogP contribution is 2.31. The van der Waals surface area contributed by atoms with Gasteiger partial charge in [0.05, 0.1) is 25.2 Å². The molecular formula is C16H15NO3. The van der Waals surface area contributed by atoms with Crippen LogP contribution in [0.2, 0.25) is 0 Å². The molecule has 1 aliphatic heterocycles. The molecule has 20 heavy (non-hydrogen) atoms. The van der Waals surface area contributed by atoms with Crippen molar-refractivity contribution in [2.45, 2.75) is 6.42 Å². The van der Waals surface area contributed by atoms with E-state index >= 15 is 0 Å². The fourth-order valence-electron chi connectivity index (χ4n) is 2.40. The molecule has 0 bridgehead atoms. The molecule has 0 unspecified atom stereocenters. The average molecular weight is 269 g/mol. The minimum Gasteiger partial charge on any atom is -0.497 e. The predicted octanol–water partition coefficient (Wildman–Crippen LogP) is 2.52. The quantitative estimate of drug-likeness (QED) is 0.859. The van der Waals surface area contributed by atoms with E-state index in [0.717, 1.165) is 5.56 Å². The number of benzene rings is 1. The lowest BCUT2D eigenvalue weighted by molar-refractivity contribution is 0.0830. The van der Waals surface area contributed by atoms with Gasteiger partial charge in [-0.15, -0.1) is 0 Å². The smallest absolute Gasteiger partial charge is 0.173 e. The number of methoxy groups -OCH3 is 1. The molecular weight excluding hydrogens is 254 g/mol. The normalized spacial score (nSPS) is 17.2. The van der Waals surface area contributed by atoms with Crippen LogP contribution in [-0.4, -0.2) is 24.5 Å². The van der Waals surface area contributed by atoms with Crippen molar-refractivity contribution in [1.82, 2.24) is 4.98 Å². The maximum Gasteiger partial charge on any atom is 0.173 e. The van der Waals surface area contributed by atoms with Gasteiger partial charge in [-0.2, -0.15) is 0 Å². The van der Waals surface area contributed by atoms with E-state index in [0.29, 0.717) is 30.1 Å². The molecule has 0 saturated heterocycles. The lowest BCUT2D eigenvalue weighted by Gasteiger charge is -2.24. The van der Waals surface area contributed by atoms with E-state index in [-0.39, 0.29) is 11.7 Å². The number of rotatable bonds is 3. The zero-order chi connectivity index (χ0) is 13.9. The van der Waals surface area contributed by atoms with Crippen LogP contribution in [0.1, 0.15) is 15.9 Å². The second kappa shape index (κ2) is 5.33. The lowest BCUT2D eigenvalue weighted by atomic mass is 9.90. The molecule has 2 aromatic rings. The highest BCUT2D eigenvalue weighted by Gasteiger charge is 2.29. The van der Waals surface area contributed by atoms with Gasteiger partial charge in [0.1, 0.15) is 11.5 Å². The minimum atomic E-state index is -0.168. The van der Waals surface area contributed by atoms with Crippen LogP contribution in [0, 0.1) is 5.92 Å². The molecule has 102 valence electrons. The molecule has 1 aromatic heterocycles. The van der Waals surface area contributed by atoms with Crippen LogP contribution in [0.25, 0.3) is 0 Å². The largest absolute Gasteiger partial charge is 0.497 e. The third-order valence-electron chi connectivity index (χ3n) is 3.47. The molecule has 4 nitrogen and oxygen atoms in total. The van der Waals surface area contributed by atoms with Crippen LogP contribution < -0.4 is 9.47 Å². The molecule has 1 aliphatic rings. The summed E-state index contributed by atoms with van der Waals surface area (Å²) in [6.07, 6.45) is 4.15. The number of pyridine rings is 1. The average Bonchev–Trinajstić information content (AvgIpc) is 2.51. The number of ketones is 1. The summed E-state index contributed by atoms with van der Waals surface area (Å²) in [5.74, 6) is 1.24. The van der Waals surface area contributed by atoms with Gasteiger partial charge in [-0.1, -0.05) is 6.07 Å². The molecule has 0 N–H and O–H groups in total. The van der Waals surface area contributed by atoms with Crippen molar-refractivity contribution < 1.29 is 14.3 Å². The Morgan fingerprint density at radius 2 is 2.30 bits per heavy atom. The molecule has 3 rings (SSSR count). The van der Waals surface area contributed by atoms with Crippen molar-refractivity contribution >= 4 is 5.78 Å². The first-order valence-electron chi connectivity index (χ1n) is 6.52. The fourth-order valence-corrected chi connectivity index (χ4v) is 2.40. The van der Waals surface area contributed by atoms with Gasteiger partial charge < -0.3 is 9.47 Å². The first-order chi connectivity index (χ1) is 9.78. The summed E-state index contributed by atoms with van der Waals surface area (Å²) in [5, 5.41) is 0. The molecule has 0 saturated carbocycles. The van der Waals surface area contributed by atoms with E-state index < -0.39 is 0 Å². The molecule has 4 heteroatoms. The SMILES string of the molecule is COc1ccc2c(c1)C(=O)[C@@H](Cc1cccnc1)CO2. The Kier molecular flexibility index (Phi) is 3.37. The van der Waals surface area contributed by atoms with E-state index in [4.69, 9.17) is 9.47 Å². The second-order valence-corrected chi connectivity index (χ2v) is 4.80. The zero-order valence-electron chi connectivity index (χ0n) is 11.2. The molecule has 2 heterocycles. The molecule has 0 fully saturated rings. The Balaban J connectivity index is 1.85. The summed E-state index contributed by atoms with van der Waals surface area (Å²) in [6.45, 7) is 0.410. The number of carbonyl (C=O) groups excluding carboxylic acids is 1. The van der Waals surface area contributed by atoms with Crippen LogP contribution >= 0.6 is 0 Å². The number of Topliss-reactive ketones (excluding diaryl/α,β-unsaturated/α-hetero) is 1. The van der Waals surface area contributed by atoms with Gasteiger partial charge in [-0.05, 0) is 36.2 Å². The number of nitrogens with zero attached hydrogens (tertiary/aromatic N) is 1. The molecule has 1 aromatic carbocycles. The maximum atomic E-state index is 12.5. The van der Waals surface area contributed by atoms with Crippen molar-refractivity contribution in [3.63, 3.8) is 0 Å². The first-order valence-corrected chi connectivity index (χ1v) is 6.52. The van der Waals surface area contributed by atoms with Crippen molar-refractivity contribution in [3.8, 4) is 11.5 Å². The van der Waals surface area contributed by atoms with E-state index in [1.165, 1.54) is 0 Å². The summed E-state index contributed by atoms with van der Waals surface area (Å²) in [7, 11) is 1.59. The third-order valence-corrected chi connectivity index (χ3v) is 3.47. The van der Waals surface area contributed by atoms with Gasteiger partial charge in [0, 0.05) is 12.4 Å². The van der Waals surface area contributed by atoms with Crippen LogP contribution in [0.4, 0.5) is 0 Å². The monoisotopic (exact) mass is 269 g/mol. The van der Waals surface area contributed by atoms with E-state index in [1.54, 1.807) is 37.7 Å². The minimum absolute atomic E-state index is 0.106. The van der Waals surface area contributed by atoms with Crippen molar-refractivity contribution in [1.29, 1.82) is 0 Å². The predicted molar refractivity (Wildman–Crippen MR) is 74.3 cm³/mol. The van der Waals surface area contributed by atoms with Gasteiger partial charge >= 0.3 is 0 Å². The number of hydrogen-bond acceptors (Lipinski definition) is 4. The van der Waals surface area contributed by atoms with Gasteiger partial charge in [0.15, 0.2) is 5.78 Å². The molecule has 1 atom stereocenters. The molecule has 0 aliphatic carbocycles. The van der Waals surface area contributed by atoms with Crippen LogP contribution in [0.15, 0.2) is 42.7 Å². The van der Waals surface area contributed by atoms with E-state index in [1.807, 2.05) is 12.1 Å². The fraction of sp³-hybridized carbons (Fsp3) is 0.250.